The van der Waals surface area contributed by atoms with Crippen molar-refractivity contribution in [1.82, 2.24) is 0 Å². The first-order valence-electron chi connectivity index (χ1n) is 11.2. The van der Waals surface area contributed by atoms with Crippen LogP contribution in [0.5, 0.6) is 0 Å². The molecule has 0 N–H and O–H groups in total. The maximum Gasteiger partial charge on any atom is 0.309 e. The van der Waals surface area contributed by atoms with Crippen LogP contribution in [0.2, 0.25) is 0 Å². The zero-order chi connectivity index (χ0) is 18.1. The second-order valence-corrected chi connectivity index (χ2v) is 8.56. The van der Waals surface area contributed by atoms with Gasteiger partial charge in [-0.15, -0.1) is 0 Å². The van der Waals surface area contributed by atoms with Gasteiger partial charge >= 0.3 is 5.97 Å². The van der Waals surface area contributed by atoms with Gasteiger partial charge < -0.3 is 9.22 Å². The quantitative estimate of drug-likeness (QED) is 0.378. The van der Waals surface area contributed by atoms with E-state index in [4.69, 9.17) is 4.74 Å². The first kappa shape index (κ1) is 20.7. The number of carbonyl (C=O) groups is 1. The largest absolute Gasteiger partial charge is 0.459 e. The summed E-state index contributed by atoms with van der Waals surface area (Å²) in [5.74, 6) is 1.55. The molecule has 0 aromatic heterocycles. The van der Waals surface area contributed by atoms with E-state index in [1.165, 1.54) is 70.8 Å². The minimum absolute atomic E-state index is 0.139. The highest BCUT2D eigenvalue weighted by Crippen LogP contribution is 2.42. The maximum absolute atomic E-state index is 13.0. The fourth-order valence-electron chi connectivity index (χ4n) is 5.30. The molecule has 146 valence electrons. The summed E-state index contributed by atoms with van der Waals surface area (Å²) in [6.45, 7) is 11.9. The molecule has 3 heteroatoms. The van der Waals surface area contributed by atoms with E-state index in [1.807, 2.05) is 0 Å². The summed E-state index contributed by atoms with van der Waals surface area (Å²) in [6, 6.07) is 0. The smallest absolute Gasteiger partial charge is 0.309 e. The fraction of sp³-hybridized carbons (Fsp3) is 0.955. The third-order valence-electron chi connectivity index (χ3n) is 7.23. The highest BCUT2D eigenvalue weighted by molar-refractivity contribution is 5.73. The molecule has 0 heterocycles. The SMILES string of the molecule is CCCC[N+](CC)(CC)CCOC(=O)C(C1CCCC1)C1CCCC1. The van der Waals surface area contributed by atoms with E-state index >= 15 is 0 Å². The molecule has 0 amide bonds. The predicted octanol–water partition coefficient (Wildman–Crippen LogP) is 5.18. The molecule has 0 spiro atoms. The highest BCUT2D eigenvalue weighted by atomic mass is 16.5. The van der Waals surface area contributed by atoms with Crippen molar-refractivity contribution in [2.75, 3.05) is 32.8 Å². The van der Waals surface area contributed by atoms with E-state index in [1.54, 1.807) is 0 Å². The molecule has 0 atom stereocenters. The van der Waals surface area contributed by atoms with Gasteiger partial charge in [0.15, 0.2) is 0 Å². The van der Waals surface area contributed by atoms with Gasteiger partial charge in [-0.05, 0) is 57.8 Å². The number of hydrogen-bond acceptors (Lipinski definition) is 2. The van der Waals surface area contributed by atoms with Crippen LogP contribution in [0, 0.1) is 17.8 Å². The summed E-state index contributed by atoms with van der Waals surface area (Å²) in [4.78, 5) is 13.0. The summed E-state index contributed by atoms with van der Waals surface area (Å²) >= 11 is 0. The standard InChI is InChI=1S/C22H42NO2/c1-4-7-16-23(5-2,6-3)17-18-25-22(24)21(19-12-8-9-13-19)20-14-10-11-15-20/h19-21H,4-18H2,1-3H3/q+1. The van der Waals surface area contributed by atoms with Crippen molar-refractivity contribution in [3.8, 4) is 0 Å². The van der Waals surface area contributed by atoms with Crippen LogP contribution in [-0.4, -0.2) is 43.2 Å². The summed E-state index contributed by atoms with van der Waals surface area (Å²) in [5, 5.41) is 0. The Morgan fingerprint density at radius 3 is 1.88 bits per heavy atom. The molecule has 0 radical (unpaired) electrons. The van der Waals surface area contributed by atoms with Gasteiger partial charge in [-0.1, -0.05) is 39.0 Å². The third kappa shape index (κ3) is 5.70. The van der Waals surface area contributed by atoms with Gasteiger partial charge in [0.05, 0.1) is 25.6 Å². The Morgan fingerprint density at radius 2 is 1.44 bits per heavy atom. The van der Waals surface area contributed by atoms with Crippen molar-refractivity contribution in [1.29, 1.82) is 0 Å². The fourth-order valence-corrected chi connectivity index (χ4v) is 5.30. The maximum atomic E-state index is 13.0. The number of carbonyl (C=O) groups excluding carboxylic acids is 1. The van der Waals surface area contributed by atoms with Crippen LogP contribution in [0.4, 0.5) is 0 Å². The lowest BCUT2D eigenvalue weighted by Crippen LogP contribution is -2.50. The minimum atomic E-state index is 0.139. The summed E-state index contributed by atoms with van der Waals surface area (Å²) in [5.41, 5.74) is 0. The van der Waals surface area contributed by atoms with Gasteiger partial charge in [0.1, 0.15) is 13.2 Å². The summed E-state index contributed by atoms with van der Waals surface area (Å²) in [7, 11) is 0. The number of ether oxygens (including phenoxy) is 1. The molecule has 0 bridgehead atoms. The summed E-state index contributed by atoms with van der Waals surface area (Å²) < 4.78 is 7.01. The number of quaternary nitrogens is 1. The Kier molecular flexibility index (Phi) is 8.75. The molecule has 2 aliphatic carbocycles. The van der Waals surface area contributed by atoms with Gasteiger partial charge in [0, 0.05) is 0 Å². The molecule has 0 aliphatic heterocycles. The average Bonchev–Trinajstić information content (AvgIpc) is 3.33. The number of unbranched alkanes of at least 4 members (excludes halogenated alkanes) is 1. The monoisotopic (exact) mass is 352 g/mol. The van der Waals surface area contributed by atoms with Gasteiger partial charge in [-0.3, -0.25) is 4.79 Å². The van der Waals surface area contributed by atoms with Crippen molar-refractivity contribution in [2.24, 2.45) is 17.8 Å². The zero-order valence-electron chi connectivity index (χ0n) is 17.1. The lowest BCUT2D eigenvalue weighted by molar-refractivity contribution is -0.925. The second-order valence-electron chi connectivity index (χ2n) is 8.56. The van der Waals surface area contributed by atoms with Crippen molar-refractivity contribution in [3.63, 3.8) is 0 Å². The molecule has 3 nitrogen and oxygen atoms in total. The van der Waals surface area contributed by atoms with Crippen molar-refractivity contribution in [2.45, 2.75) is 85.0 Å². The van der Waals surface area contributed by atoms with Crippen LogP contribution in [0.25, 0.3) is 0 Å². The van der Waals surface area contributed by atoms with E-state index in [-0.39, 0.29) is 11.9 Å². The minimum Gasteiger partial charge on any atom is -0.459 e. The van der Waals surface area contributed by atoms with E-state index < -0.39 is 0 Å². The van der Waals surface area contributed by atoms with Crippen LogP contribution >= 0.6 is 0 Å². The average molecular weight is 353 g/mol. The molecule has 2 fully saturated rings. The Labute approximate surface area is 156 Å². The molecule has 2 aliphatic rings. The molecular weight excluding hydrogens is 310 g/mol. The summed E-state index contributed by atoms with van der Waals surface area (Å²) in [6.07, 6.45) is 12.7. The Balaban J connectivity index is 1.88. The van der Waals surface area contributed by atoms with Crippen LogP contribution in [0.1, 0.15) is 85.0 Å². The van der Waals surface area contributed by atoms with Crippen LogP contribution in [0.15, 0.2) is 0 Å². The zero-order valence-corrected chi connectivity index (χ0v) is 17.1. The Morgan fingerprint density at radius 1 is 0.920 bits per heavy atom. The molecule has 0 aromatic rings. The van der Waals surface area contributed by atoms with Crippen molar-refractivity contribution >= 4 is 5.97 Å². The lowest BCUT2D eigenvalue weighted by Gasteiger charge is -2.37. The molecule has 0 unspecified atom stereocenters. The van der Waals surface area contributed by atoms with Crippen LogP contribution in [-0.2, 0) is 9.53 Å². The van der Waals surface area contributed by atoms with Gasteiger partial charge in [-0.2, -0.15) is 0 Å². The van der Waals surface area contributed by atoms with Gasteiger partial charge in [0.2, 0.25) is 0 Å². The molecule has 0 saturated heterocycles. The first-order chi connectivity index (χ1) is 12.2. The number of rotatable bonds is 11. The lowest BCUT2D eigenvalue weighted by atomic mass is 9.79. The molecule has 0 aromatic carbocycles. The number of nitrogens with zero attached hydrogens (tertiary/aromatic N) is 1. The van der Waals surface area contributed by atoms with Crippen molar-refractivity contribution in [3.05, 3.63) is 0 Å². The number of esters is 1. The molecule has 2 rings (SSSR count). The van der Waals surface area contributed by atoms with E-state index in [9.17, 15) is 4.79 Å². The first-order valence-corrected chi connectivity index (χ1v) is 11.2. The van der Waals surface area contributed by atoms with E-state index in [0.29, 0.717) is 18.4 Å². The third-order valence-corrected chi connectivity index (χ3v) is 7.23. The molecule has 25 heavy (non-hydrogen) atoms. The Bertz CT molecular complexity index is 363. The van der Waals surface area contributed by atoms with Gasteiger partial charge in [0.25, 0.3) is 0 Å². The molecule has 2 saturated carbocycles. The second kappa shape index (κ2) is 10.5. The molecular formula is C22H42NO2+. The van der Waals surface area contributed by atoms with Crippen LogP contribution < -0.4 is 0 Å². The Hall–Kier alpha value is -0.570. The van der Waals surface area contributed by atoms with E-state index in [0.717, 1.165) is 24.1 Å². The topological polar surface area (TPSA) is 26.3 Å². The predicted molar refractivity (Wildman–Crippen MR) is 104 cm³/mol. The number of likely N-dealkylation sites (N-methyl/N-ethyl adjacent to an activating group) is 1. The van der Waals surface area contributed by atoms with E-state index in [2.05, 4.69) is 20.8 Å². The van der Waals surface area contributed by atoms with Crippen molar-refractivity contribution < 1.29 is 14.0 Å². The highest BCUT2D eigenvalue weighted by Gasteiger charge is 2.39. The van der Waals surface area contributed by atoms with Gasteiger partial charge in [-0.25, -0.2) is 0 Å². The number of hydrogen-bond donors (Lipinski definition) is 0. The van der Waals surface area contributed by atoms with Crippen LogP contribution in [0.3, 0.4) is 0 Å². The normalized spacial score (nSPS) is 19.8.